The zero-order valence-corrected chi connectivity index (χ0v) is 23.7. The van der Waals surface area contributed by atoms with E-state index in [2.05, 4.69) is 163 Å². The van der Waals surface area contributed by atoms with Gasteiger partial charge < -0.3 is 14.5 Å². The first-order chi connectivity index (χ1) is 20.6. The third-order valence-electron chi connectivity index (χ3n) is 8.60. The molecular weight excluding hydrogens is 512 g/mol. The maximum Gasteiger partial charge on any atom is 0.151 e. The topological polar surface area (TPSA) is 15.7 Å². The zero-order valence-electron chi connectivity index (χ0n) is 23.7. The predicted octanol–water partition coefficient (Wildman–Crippen LogP) is 11.0. The fourth-order valence-electron chi connectivity index (χ4n) is 6.69. The molecule has 6 aromatic carbocycles. The maximum atomic E-state index is 6.52. The average molecular weight is 543 g/mol. The van der Waals surface area contributed by atoms with E-state index in [1.165, 1.54) is 27.9 Å². The van der Waals surface area contributed by atoms with Gasteiger partial charge in [-0.1, -0.05) is 98.8 Å². The summed E-state index contributed by atoms with van der Waals surface area (Å²) < 4.78 is 6.52. The third kappa shape index (κ3) is 3.67. The van der Waals surface area contributed by atoms with Gasteiger partial charge in [0.05, 0.1) is 17.1 Å². The predicted molar refractivity (Wildman–Crippen MR) is 173 cm³/mol. The lowest BCUT2D eigenvalue weighted by Crippen LogP contribution is -2.33. The number of hydrogen-bond donors (Lipinski definition) is 0. The number of hydrogen-bond acceptors (Lipinski definition) is 3. The van der Waals surface area contributed by atoms with Crippen LogP contribution in [0.25, 0.3) is 11.1 Å². The lowest BCUT2D eigenvalue weighted by Gasteiger charge is -2.45. The largest absolute Gasteiger partial charge is 0.453 e. The Labute approximate surface area is 246 Å². The number of rotatable bonds is 4. The molecule has 2 aliphatic heterocycles. The number of ether oxygens (including phenoxy) is 1. The molecule has 0 N–H and O–H groups in total. The van der Waals surface area contributed by atoms with Crippen molar-refractivity contribution < 1.29 is 4.74 Å². The highest BCUT2D eigenvalue weighted by molar-refractivity contribution is 5.96. The molecule has 0 atom stereocenters. The number of benzene rings is 6. The van der Waals surface area contributed by atoms with Crippen LogP contribution in [0.4, 0.5) is 34.1 Å². The van der Waals surface area contributed by atoms with Gasteiger partial charge in [-0.05, 0) is 82.9 Å². The summed E-state index contributed by atoms with van der Waals surface area (Å²) in [7, 11) is 0. The molecule has 202 valence electrons. The molecule has 3 nitrogen and oxygen atoms in total. The van der Waals surface area contributed by atoms with Gasteiger partial charge in [0.1, 0.15) is 0 Å². The van der Waals surface area contributed by atoms with Crippen molar-refractivity contribution in [1.82, 2.24) is 0 Å². The van der Waals surface area contributed by atoms with Crippen LogP contribution in [0.5, 0.6) is 11.5 Å². The molecule has 0 spiro atoms. The minimum atomic E-state index is -0.234. The van der Waals surface area contributed by atoms with Crippen molar-refractivity contribution in [2.45, 2.75) is 19.3 Å². The Morgan fingerprint density at radius 1 is 0.524 bits per heavy atom. The fourth-order valence-corrected chi connectivity index (χ4v) is 6.69. The molecule has 42 heavy (non-hydrogen) atoms. The Balaban J connectivity index is 1.30. The Morgan fingerprint density at radius 2 is 1.10 bits per heavy atom. The smallest absolute Gasteiger partial charge is 0.151 e. The lowest BCUT2D eigenvalue weighted by atomic mass is 9.70. The SMILES string of the molecule is CC1(C)c2ccccc2N2c3ccccc3Oc3ccc(-c4ccc(N(c5ccccc5)c5ccccc5)cc4)c1c32. The number of anilines is 6. The van der Waals surface area contributed by atoms with Gasteiger partial charge in [-0.15, -0.1) is 0 Å². The molecule has 0 amide bonds. The zero-order chi connectivity index (χ0) is 28.3. The Morgan fingerprint density at radius 3 is 1.79 bits per heavy atom. The number of nitrogens with zero attached hydrogens (tertiary/aromatic N) is 2. The van der Waals surface area contributed by atoms with Crippen LogP contribution in [-0.2, 0) is 5.41 Å². The van der Waals surface area contributed by atoms with Gasteiger partial charge in [0.25, 0.3) is 0 Å². The second-order valence-electron chi connectivity index (χ2n) is 11.4. The lowest BCUT2D eigenvalue weighted by molar-refractivity contribution is 0.471. The molecule has 2 heterocycles. The summed E-state index contributed by atoms with van der Waals surface area (Å²) in [5, 5.41) is 0. The van der Waals surface area contributed by atoms with Crippen LogP contribution >= 0.6 is 0 Å². The summed E-state index contributed by atoms with van der Waals surface area (Å²) in [6, 6.07) is 51.5. The molecule has 3 heteroatoms. The van der Waals surface area contributed by atoms with Crippen molar-refractivity contribution in [3.05, 3.63) is 157 Å². The standard InChI is InChI=1S/C39H30N2O/c1-39(2)32-17-9-10-18-33(32)41-34-19-11-12-20-35(34)42-36-26-25-31(37(39)38(36)41)27-21-23-30(24-22-27)40(28-13-5-3-6-14-28)29-15-7-4-8-16-29/h3-26H,1-2H3. The minimum Gasteiger partial charge on any atom is -0.453 e. The molecule has 0 aromatic heterocycles. The molecular formula is C39H30N2O. The Hall–Kier alpha value is -5.28. The van der Waals surface area contributed by atoms with E-state index in [0.717, 1.165) is 39.9 Å². The molecule has 0 saturated heterocycles. The van der Waals surface area contributed by atoms with E-state index in [0.29, 0.717) is 0 Å². The van der Waals surface area contributed by atoms with E-state index >= 15 is 0 Å². The van der Waals surface area contributed by atoms with Gasteiger partial charge in [0.2, 0.25) is 0 Å². The molecule has 0 aliphatic carbocycles. The van der Waals surface area contributed by atoms with Crippen molar-refractivity contribution >= 4 is 34.1 Å². The Kier molecular flexibility index (Phi) is 5.48. The molecule has 0 fully saturated rings. The van der Waals surface area contributed by atoms with Gasteiger partial charge >= 0.3 is 0 Å². The summed E-state index contributed by atoms with van der Waals surface area (Å²) in [5.74, 6) is 1.77. The third-order valence-corrected chi connectivity index (χ3v) is 8.60. The average Bonchev–Trinajstić information content (AvgIpc) is 3.04. The van der Waals surface area contributed by atoms with Gasteiger partial charge in [-0.3, -0.25) is 0 Å². The first kappa shape index (κ1) is 24.5. The quantitative estimate of drug-likeness (QED) is 0.220. The second kappa shape index (κ2) is 9.39. The molecule has 8 rings (SSSR count). The van der Waals surface area contributed by atoms with Crippen LogP contribution in [0.1, 0.15) is 25.0 Å². The van der Waals surface area contributed by atoms with Crippen molar-refractivity contribution in [2.75, 3.05) is 9.80 Å². The van der Waals surface area contributed by atoms with Gasteiger partial charge in [0.15, 0.2) is 11.5 Å². The van der Waals surface area contributed by atoms with Gasteiger partial charge in [-0.2, -0.15) is 0 Å². The van der Waals surface area contributed by atoms with Crippen LogP contribution in [0, 0.1) is 0 Å². The first-order valence-electron chi connectivity index (χ1n) is 14.5. The highest BCUT2D eigenvalue weighted by atomic mass is 16.5. The number of para-hydroxylation sites is 5. The van der Waals surface area contributed by atoms with Gasteiger partial charge in [0, 0.05) is 22.5 Å². The molecule has 2 aliphatic rings. The molecule has 0 radical (unpaired) electrons. The van der Waals surface area contributed by atoms with E-state index < -0.39 is 0 Å². The van der Waals surface area contributed by atoms with E-state index in [4.69, 9.17) is 4.74 Å². The summed E-state index contributed by atoms with van der Waals surface area (Å²) in [4.78, 5) is 4.70. The minimum absolute atomic E-state index is 0.234. The van der Waals surface area contributed by atoms with Crippen LogP contribution < -0.4 is 14.5 Å². The van der Waals surface area contributed by atoms with E-state index in [-0.39, 0.29) is 5.41 Å². The monoisotopic (exact) mass is 542 g/mol. The molecule has 0 saturated carbocycles. The fraction of sp³-hybridized carbons (Fsp3) is 0.0769. The second-order valence-corrected chi connectivity index (χ2v) is 11.4. The summed E-state index contributed by atoms with van der Waals surface area (Å²) in [6.45, 7) is 4.67. The van der Waals surface area contributed by atoms with Crippen molar-refractivity contribution in [3.8, 4) is 22.6 Å². The summed E-state index contributed by atoms with van der Waals surface area (Å²) >= 11 is 0. The Bertz CT molecular complexity index is 1890. The van der Waals surface area contributed by atoms with Crippen LogP contribution in [0.15, 0.2) is 146 Å². The van der Waals surface area contributed by atoms with Gasteiger partial charge in [-0.25, -0.2) is 0 Å². The van der Waals surface area contributed by atoms with E-state index in [9.17, 15) is 0 Å². The van der Waals surface area contributed by atoms with Crippen LogP contribution in [-0.4, -0.2) is 0 Å². The number of fused-ring (bicyclic) bond motifs is 4. The van der Waals surface area contributed by atoms with Crippen LogP contribution in [0.3, 0.4) is 0 Å². The summed E-state index contributed by atoms with van der Waals surface area (Å²) in [5.41, 5.74) is 11.6. The van der Waals surface area contributed by atoms with Crippen molar-refractivity contribution in [3.63, 3.8) is 0 Å². The van der Waals surface area contributed by atoms with Crippen molar-refractivity contribution in [1.29, 1.82) is 0 Å². The van der Waals surface area contributed by atoms with E-state index in [1.54, 1.807) is 0 Å². The molecule has 0 unspecified atom stereocenters. The molecule has 6 aromatic rings. The van der Waals surface area contributed by atoms with E-state index in [1.807, 2.05) is 6.07 Å². The summed E-state index contributed by atoms with van der Waals surface area (Å²) in [6.07, 6.45) is 0. The highest BCUT2D eigenvalue weighted by Crippen LogP contribution is 2.61. The molecule has 0 bridgehead atoms. The normalized spacial score (nSPS) is 13.8. The van der Waals surface area contributed by atoms with Crippen LogP contribution in [0.2, 0.25) is 0 Å². The first-order valence-corrected chi connectivity index (χ1v) is 14.5. The highest BCUT2D eigenvalue weighted by Gasteiger charge is 2.43. The maximum absolute atomic E-state index is 6.52. The van der Waals surface area contributed by atoms with Crippen molar-refractivity contribution in [2.24, 2.45) is 0 Å².